The predicted octanol–water partition coefficient (Wildman–Crippen LogP) is 3.01. The molecule has 1 aromatic carbocycles. The van der Waals surface area contributed by atoms with Crippen LogP contribution in [0.3, 0.4) is 0 Å². The van der Waals surface area contributed by atoms with E-state index in [1.807, 2.05) is 0 Å². The second kappa shape index (κ2) is 5.19. The van der Waals surface area contributed by atoms with Crippen molar-refractivity contribution in [2.75, 3.05) is 6.54 Å². The molecule has 2 rings (SSSR count). The zero-order valence-electron chi connectivity index (χ0n) is 9.27. The Morgan fingerprint density at radius 2 is 2.18 bits per heavy atom. The van der Waals surface area contributed by atoms with Gasteiger partial charge in [0.05, 0.1) is 5.02 Å². The molecule has 5 heteroatoms. The molecule has 1 saturated heterocycles. The Morgan fingerprint density at radius 3 is 2.82 bits per heavy atom. The number of aromatic hydroxyl groups is 1. The fourth-order valence-electron chi connectivity index (χ4n) is 2.17. The molecule has 94 valence electrons. The summed E-state index contributed by atoms with van der Waals surface area (Å²) in [5, 5.41) is 12.7. The number of hydrogen-bond acceptors (Lipinski definition) is 2. The van der Waals surface area contributed by atoms with E-state index in [4.69, 9.17) is 11.6 Å². The molecule has 1 heterocycles. The molecule has 1 aliphatic heterocycles. The molecule has 0 spiro atoms. The lowest BCUT2D eigenvalue weighted by molar-refractivity contribution is 0.380. The molecule has 0 saturated carbocycles. The van der Waals surface area contributed by atoms with Crippen molar-refractivity contribution in [1.82, 2.24) is 5.32 Å². The molecular weight excluding hydrogens is 248 g/mol. The van der Waals surface area contributed by atoms with Gasteiger partial charge in [0.2, 0.25) is 0 Å². The van der Waals surface area contributed by atoms with E-state index in [1.165, 1.54) is 0 Å². The standard InChI is InChI=1S/C12H14ClF2NO/c13-9-6-10(14)11(15)8(12(9)17)5-7-3-1-2-4-16-7/h6-7,16-17H,1-5H2. The van der Waals surface area contributed by atoms with E-state index in [1.54, 1.807) is 0 Å². The summed E-state index contributed by atoms with van der Waals surface area (Å²) in [6, 6.07) is 0.867. The first-order valence-corrected chi connectivity index (χ1v) is 6.06. The first-order valence-electron chi connectivity index (χ1n) is 5.68. The molecule has 17 heavy (non-hydrogen) atoms. The quantitative estimate of drug-likeness (QED) is 0.802. The van der Waals surface area contributed by atoms with Crippen LogP contribution in [0, 0.1) is 11.6 Å². The predicted molar refractivity (Wildman–Crippen MR) is 62.4 cm³/mol. The van der Waals surface area contributed by atoms with Gasteiger partial charge in [-0.3, -0.25) is 0 Å². The number of piperidine rings is 1. The van der Waals surface area contributed by atoms with Crippen LogP contribution in [0.2, 0.25) is 5.02 Å². The van der Waals surface area contributed by atoms with Crippen LogP contribution in [0.1, 0.15) is 24.8 Å². The van der Waals surface area contributed by atoms with Gasteiger partial charge in [-0.1, -0.05) is 18.0 Å². The third-order valence-corrected chi connectivity index (χ3v) is 3.39. The first kappa shape index (κ1) is 12.6. The van der Waals surface area contributed by atoms with Crippen LogP contribution in [0.15, 0.2) is 6.07 Å². The molecule has 2 N–H and O–H groups in total. The Balaban J connectivity index is 2.24. The Labute approximate surface area is 104 Å². The Bertz CT molecular complexity index is 393. The maximum absolute atomic E-state index is 13.6. The Hall–Kier alpha value is -0.870. The lowest BCUT2D eigenvalue weighted by atomic mass is 9.97. The number of hydrogen-bond donors (Lipinski definition) is 2. The van der Waals surface area contributed by atoms with Crippen LogP contribution in [-0.2, 0) is 6.42 Å². The number of phenolic OH excluding ortho intramolecular Hbond substituents is 1. The number of halogens is 3. The third-order valence-electron chi connectivity index (χ3n) is 3.10. The van der Waals surface area contributed by atoms with Gasteiger partial charge in [-0.25, -0.2) is 8.78 Å². The van der Waals surface area contributed by atoms with Gasteiger partial charge in [0, 0.05) is 11.6 Å². The number of phenols is 1. The Morgan fingerprint density at radius 1 is 1.41 bits per heavy atom. The highest BCUT2D eigenvalue weighted by Crippen LogP contribution is 2.32. The minimum Gasteiger partial charge on any atom is -0.506 e. The average molecular weight is 262 g/mol. The summed E-state index contributed by atoms with van der Waals surface area (Å²) in [6.45, 7) is 0.871. The van der Waals surface area contributed by atoms with E-state index in [0.717, 1.165) is 31.9 Å². The molecule has 0 radical (unpaired) electrons. The monoisotopic (exact) mass is 261 g/mol. The van der Waals surface area contributed by atoms with Gasteiger partial charge in [0.1, 0.15) is 5.75 Å². The second-order valence-electron chi connectivity index (χ2n) is 4.33. The molecule has 0 bridgehead atoms. The molecular formula is C12H14ClF2NO. The summed E-state index contributed by atoms with van der Waals surface area (Å²) in [7, 11) is 0. The van der Waals surface area contributed by atoms with Crippen molar-refractivity contribution in [3.8, 4) is 5.75 Å². The van der Waals surface area contributed by atoms with E-state index < -0.39 is 11.6 Å². The van der Waals surface area contributed by atoms with Gasteiger partial charge >= 0.3 is 0 Å². The summed E-state index contributed by atoms with van der Waals surface area (Å²) in [5.74, 6) is -2.36. The fourth-order valence-corrected chi connectivity index (χ4v) is 2.38. The number of rotatable bonds is 2. The molecule has 0 aliphatic carbocycles. The van der Waals surface area contributed by atoms with Gasteiger partial charge in [-0.15, -0.1) is 0 Å². The lowest BCUT2D eigenvalue weighted by Gasteiger charge is -2.24. The minimum atomic E-state index is -1.02. The highest BCUT2D eigenvalue weighted by atomic mass is 35.5. The normalized spacial score (nSPS) is 20.5. The summed E-state index contributed by atoms with van der Waals surface area (Å²) in [4.78, 5) is 0. The van der Waals surface area contributed by atoms with E-state index in [-0.39, 0.29) is 28.8 Å². The van der Waals surface area contributed by atoms with Gasteiger partial charge in [0.15, 0.2) is 11.6 Å². The maximum atomic E-state index is 13.6. The molecule has 1 aromatic rings. The van der Waals surface area contributed by atoms with Crippen molar-refractivity contribution < 1.29 is 13.9 Å². The third kappa shape index (κ3) is 2.69. The van der Waals surface area contributed by atoms with Crippen LogP contribution in [0.4, 0.5) is 8.78 Å². The molecule has 0 amide bonds. The zero-order valence-corrected chi connectivity index (χ0v) is 10.0. The van der Waals surface area contributed by atoms with Crippen LogP contribution in [0.25, 0.3) is 0 Å². The van der Waals surface area contributed by atoms with E-state index in [2.05, 4.69) is 5.32 Å². The van der Waals surface area contributed by atoms with Crippen LogP contribution in [0.5, 0.6) is 5.75 Å². The largest absolute Gasteiger partial charge is 0.506 e. The SMILES string of the molecule is Oc1c(Cl)cc(F)c(F)c1CC1CCCCN1. The van der Waals surface area contributed by atoms with Gasteiger partial charge < -0.3 is 10.4 Å². The maximum Gasteiger partial charge on any atom is 0.165 e. The highest BCUT2D eigenvalue weighted by Gasteiger charge is 2.21. The van der Waals surface area contributed by atoms with Crippen LogP contribution < -0.4 is 5.32 Å². The van der Waals surface area contributed by atoms with Crippen LogP contribution >= 0.6 is 11.6 Å². The molecule has 1 aliphatic rings. The second-order valence-corrected chi connectivity index (χ2v) is 4.74. The van der Waals surface area contributed by atoms with Gasteiger partial charge in [-0.2, -0.15) is 0 Å². The van der Waals surface area contributed by atoms with Crippen molar-refractivity contribution in [2.45, 2.75) is 31.7 Å². The molecule has 1 atom stereocenters. The first-order chi connectivity index (χ1) is 8.09. The zero-order chi connectivity index (χ0) is 12.4. The number of nitrogens with one attached hydrogen (secondary N) is 1. The lowest BCUT2D eigenvalue weighted by Crippen LogP contribution is -2.35. The van der Waals surface area contributed by atoms with Gasteiger partial charge in [-0.05, 0) is 31.9 Å². The highest BCUT2D eigenvalue weighted by molar-refractivity contribution is 6.32. The average Bonchev–Trinajstić information content (AvgIpc) is 2.33. The summed E-state index contributed by atoms with van der Waals surface area (Å²) in [6.07, 6.45) is 3.31. The number of benzene rings is 1. The van der Waals surface area contributed by atoms with Crippen molar-refractivity contribution >= 4 is 11.6 Å². The van der Waals surface area contributed by atoms with Crippen molar-refractivity contribution in [1.29, 1.82) is 0 Å². The summed E-state index contributed by atoms with van der Waals surface area (Å²) in [5.41, 5.74) is -0.0330. The molecule has 1 fully saturated rings. The molecule has 0 aromatic heterocycles. The van der Waals surface area contributed by atoms with Crippen molar-refractivity contribution in [2.24, 2.45) is 0 Å². The van der Waals surface area contributed by atoms with Gasteiger partial charge in [0.25, 0.3) is 0 Å². The summed E-state index contributed by atoms with van der Waals surface area (Å²) >= 11 is 5.63. The van der Waals surface area contributed by atoms with Crippen molar-refractivity contribution in [3.63, 3.8) is 0 Å². The summed E-state index contributed by atoms with van der Waals surface area (Å²) < 4.78 is 26.8. The van der Waals surface area contributed by atoms with Crippen LogP contribution in [-0.4, -0.2) is 17.7 Å². The minimum absolute atomic E-state index is 0.0330. The fraction of sp³-hybridized carbons (Fsp3) is 0.500. The van der Waals surface area contributed by atoms with Crippen molar-refractivity contribution in [3.05, 3.63) is 28.3 Å². The Kier molecular flexibility index (Phi) is 3.84. The smallest absolute Gasteiger partial charge is 0.165 e. The van der Waals surface area contributed by atoms with E-state index in [0.29, 0.717) is 0 Å². The van der Waals surface area contributed by atoms with E-state index >= 15 is 0 Å². The molecule has 2 nitrogen and oxygen atoms in total. The van der Waals surface area contributed by atoms with E-state index in [9.17, 15) is 13.9 Å². The topological polar surface area (TPSA) is 32.3 Å². The molecule has 1 unspecified atom stereocenters.